The van der Waals surface area contributed by atoms with Crippen molar-refractivity contribution in [2.45, 2.75) is 10.9 Å². The molecule has 2 aromatic carbocycles. The van der Waals surface area contributed by atoms with E-state index in [1.165, 1.54) is 18.2 Å². The highest BCUT2D eigenvalue weighted by Gasteiger charge is 2.35. The van der Waals surface area contributed by atoms with Gasteiger partial charge in [0, 0.05) is 9.88 Å². The van der Waals surface area contributed by atoms with Crippen LogP contribution in [0.2, 0.25) is 0 Å². The zero-order chi connectivity index (χ0) is 17.4. The molecule has 0 fully saturated rings. The van der Waals surface area contributed by atoms with Crippen LogP contribution < -0.4 is 4.31 Å². The first-order chi connectivity index (χ1) is 11.3. The number of nitrogens with zero attached hydrogens (tertiary/aromatic N) is 1. The van der Waals surface area contributed by atoms with Gasteiger partial charge < -0.3 is 0 Å². The Bertz CT molecular complexity index is 968. The second kappa shape index (κ2) is 6.34. The number of hydrogen-bond donors (Lipinski definition) is 0. The van der Waals surface area contributed by atoms with E-state index in [1.54, 1.807) is 42.5 Å². The monoisotopic (exact) mass is 427 g/mol. The summed E-state index contributed by atoms with van der Waals surface area (Å²) in [5.74, 6) is -0.266. The largest absolute Gasteiger partial charge is 0.264 e. The third-order valence-corrected chi connectivity index (χ3v) is 7.37. The molecule has 5 nitrogen and oxygen atoms in total. The molecule has 1 aliphatic rings. The molecule has 8 heteroatoms. The van der Waals surface area contributed by atoms with Crippen LogP contribution in [0.15, 0.2) is 75.4 Å². The molecule has 1 heterocycles. The lowest BCUT2D eigenvalue weighted by molar-refractivity contribution is 0.586. The lowest BCUT2D eigenvalue weighted by Crippen LogP contribution is -2.41. The van der Waals surface area contributed by atoms with Crippen LogP contribution in [0.4, 0.5) is 5.69 Å². The van der Waals surface area contributed by atoms with Crippen molar-refractivity contribution in [1.82, 2.24) is 0 Å². The highest BCUT2D eigenvalue weighted by molar-refractivity contribution is 9.10. The van der Waals surface area contributed by atoms with Gasteiger partial charge in [0.1, 0.15) is 0 Å². The molecule has 1 aliphatic heterocycles. The Kier molecular flexibility index (Phi) is 4.54. The molecule has 0 bridgehead atoms. The highest BCUT2D eigenvalue weighted by atomic mass is 79.9. The van der Waals surface area contributed by atoms with Crippen LogP contribution in [0.1, 0.15) is 0 Å². The van der Waals surface area contributed by atoms with E-state index in [4.69, 9.17) is 0 Å². The summed E-state index contributed by atoms with van der Waals surface area (Å²) in [6.07, 6.45) is 1.42. The van der Waals surface area contributed by atoms with Gasteiger partial charge in [-0.2, -0.15) is 0 Å². The number of anilines is 1. The van der Waals surface area contributed by atoms with Gasteiger partial charge in [0.25, 0.3) is 10.0 Å². The molecule has 3 rings (SSSR count). The maximum atomic E-state index is 13.1. The standard InChI is InChI=1S/C16H14BrNO4S2/c17-13-6-8-16(9-7-13)24(21,22)18(14-4-2-1-3-5-14)15-10-11-23(19,20)12-15/h1-11,15H,12H2/t15-/m0/s1. The van der Waals surface area contributed by atoms with Gasteiger partial charge >= 0.3 is 0 Å². The smallest absolute Gasteiger partial charge is 0.258 e. The third kappa shape index (κ3) is 3.40. The molecular weight excluding hydrogens is 414 g/mol. The van der Waals surface area contributed by atoms with Crippen molar-refractivity contribution >= 4 is 41.5 Å². The zero-order valence-electron chi connectivity index (χ0n) is 12.4. The van der Waals surface area contributed by atoms with Gasteiger partial charge in [-0.25, -0.2) is 16.8 Å². The van der Waals surface area contributed by atoms with Gasteiger partial charge in [-0.05, 0) is 42.5 Å². The summed E-state index contributed by atoms with van der Waals surface area (Å²) in [7, 11) is -7.30. The first-order valence-electron chi connectivity index (χ1n) is 7.06. The molecule has 0 aromatic heterocycles. The maximum absolute atomic E-state index is 13.1. The average Bonchev–Trinajstić information content (AvgIpc) is 2.88. The van der Waals surface area contributed by atoms with Gasteiger partial charge in [-0.3, -0.25) is 4.31 Å². The molecule has 2 aromatic rings. The number of para-hydroxylation sites is 1. The molecule has 0 saturated heterocycles. The van der Waals surface area contributed by atoms with Crippen molar-refractivity contribution in [3.63, 3.8) is 0 Å². The summed E-state index contributed by atoms with van der Waals surface area (Å²) in [6, 6.07) is 14.0. The molecule has 0 N–H and O–H groups in total. The van der Waals surface area contributed by atoms with E-state index in [2.05, 4.69) is 15.9 Å². The molecule has 0 amide bonds. The number of rotatable bonds is 4. The van der Waals surface area contributed by atoms with Crippen molar-refractivity contribution in [2.24, 2.45) is 0 Å². The lowest BCUT2D eigenvalue weighted by Gasteiger charge is -2.29. The normalized spacial score (nSPS) is 19.3. The second-order valence-electron chi connectivity index (χ2n) is 5.32. The second-order valence-corrected chi connectivity index (χ2v) is 9.98. The predicted octanol–water partition coefficient (Wildman–Crippen LogP) is 2.96. The third-order valence-electron chi connectivity index (χ3n) is 3.59. The molecule has 0 spiro atoms. The van der Waals surface area contributed by atoms with Crippen LogP contribution in [0.3, 0.4) is 0 Å². The summed E-state index contributed by atoms with van der Waals surface area (Å²) >= 11 is 3.28. The topological polar surface area (TPSA) is 71.5 Å². The van der Waals surface area contributed by atoms with Crippen LogP contribution in [-0.4, -0.2) is 28.6 Å². The fourth-order valence-corrected chi connectivity index (χ4v) is 5.74. The SMILES string of the molecule is O=S1(=O)C=C[C@H](N(c2ccccc2)S(=O)(=O)c2ccc(Br)cc2)C1. The molecule has 24 heavy (non-hydrogen) atoms. The Labute approximate surface area is 149 Å². The Hall–Kier alpha value is -1.64. The zero-order valence-corrected chi connectivity index (χ0v) is 15.6. The van der Waals surface area contributed by atoms with Gasteiger partial charge in [0.05, 0.1) is 22.4 Å². The lowest BCUT2D eigenvalue weighted by atomic mass is 10.2. The molecular formula is C16H14BrNO4S2. The van der Waals surface area contributed by atoms with E-state index in [-0.39, 0.29) is 10.6 Å². The summed E-state index contributed by atoms with van der Waals surface area (Å²) in [4.78, 5) is 0.104. The van der Waals surface area contributed by atoms with Gasteiger partial charge in [-0.15, -0.1) is 0 Å². The number of sulfone groups is 1. The van der Waals surface area contributed by atoms with E-state index in [9.17, 15) is 16.8 Å². The summed E-state index contributed by atoms with van der Waals surface area (Å²) in [6.45, 7) is 0. The molecule has 1 atom stereocenters. The average molecular weight is 428 g/mol. The molecule has 0 saturated carbocycles. The number of sulfonamides is 1. The van der Waals surface area contributed by atoms with E-state index in [0.29, 0.717) is 5.69 Å². The first kappa shape index (κ1) is 17.2. The quantitative estimate of drug-likeness (QED) is 0.751. The number of benzene rings is 2. The number of halogens is 1. The van der Waals surface area contributed by atoms with Crippen LogP contribution in [0.5, 0.6) is 0 Å². The predicted molar refractivity (Wildman–Crippen MR) is 97.0 cm³/mol. The minimum atomic E-state index is -3.91. The fraction of sp³-hybridized carbons (Fsp3) is 0.125. The van der Waals surface area contributed by atoms with Crippen LogP contribution in [0.25, 0.3) is 0 Å². The summed E-state index contributed by atoms with van der Waals surface area (Å²) in [5.41, 5.74) is 0.423. The first-order valence-corrected chi connectivity index (χ1v) is 11.0. The van der Waals surface area contributed by atoms with Gasteiger partial charge in [-0.1, -0.05) is 34.1 Å². The van der Waals surface area contributed by atoms with Crippen molar-refractivity contribution in [2.75, 3.05) is 10.1 Å². The Morgan fingerprint density at radius 1 is 1.00 bits per heavy atom. The van der Waals surface area contributed by atoms with Crippen LogP contribution >= 0.6 is 15.9 Å². The Morgan fingerprint density at radius 2 is 1.62 bits per heavy atom. The maximum Gasteiger partial charge on any atom is 0.264 e. The minimum absolute atomic E-state index is 0.104. The number of hydrogen-bond acceptors (Lipinski definition) is 4. The van der Waals surface area contributed by atoms with E-state index in [0.717, 1.165) is 14.2 Å². The van der Waals surface area contributed by atoms with Crippen LogP contribution in [0, 0.1) is 0 Å². The molecule has 0 radical (unpaired) electrons. The van der Waals surface area contributed by atoms with Crippen molar-refractivity contribution < 1.29 is 16.8 Å². The van der Waals surface area contributed by atoms with Crippen LogP contribution in [-0.2, 0) is 19.9 Å². The summed E-state index contributed by atoms with van der Waals surface area (Å²) in [5, 5.41) is 1.07. The van der Waals surface area contributed by atoms with E-state index < -0.39 is 25.9 Å². The highest BCUT2D eigenvalue weighted by Crippen LogP contribution is 2.29. The van der Waals surface area contributed by atoms with Crippen molar-refractivity contribution in [1.29, 1.82) is 0 Å². The Morgan fingerprint density at radius 3 is 2.17 bits per heavy atom. The van der Waals surface area contributed by atoms with E-state index >= 15 is 0 Å². The van der Waals surface area contributed by atoms with Gasteiger partial charge in [0.2, 0.25) is 0 Å². The summed E-state index contributed by atoms with van der Waals surface area (Å²) < 4.78 is 51.7. The van der Waals surface area contributed by atoms with Crippen molar-refractivity contribution in [3.8, 4) is 0 Å². The van der Waals surface area contributed by atoms with Crippen molar-refractivity contribution in [3.05, 3.63) is 70.6 Å². The van der Waals surface area contributed by atoms with Gasteiger partial charge in [0.15, 0.2) is 9.84 Å². The Balaban J connectivity index is 2.11. The van der Waals surface area contributed by atoms with E-state index in [1.807, 2.05) is 0 Å². The molecule has 0 aliphatic carbocycles. The minimum Gasteiger partial charge on any atom is -0.258 e. The molecule has 0 unspecified atom stereocenters. The molecule has 126 valence electrons. The fourth-order valence-electron chi connectivity index (χ4n) is 2.51.